The molecule has 1 fully saturated rings. The van der Waals surface area contributed by atoms with Gasteiger partial charge < -0.3 is 0 Å². The first-order valence-corrected chi connectivity index (χ1v) is 11.2. The minimum Gasteiger partial charge on any atom is -0.289 e. The highest BCUT2D eigenvalue weighted by atomic mass is 32.2. The molecule has 1 amide bonds. The van der Waals surface area contributed by atoms with E-state index in [9.17, 15) is 22.0 Å². The molecule has 1 aliphatic heterocycles. The molecule has 0 saturated carbocycles. The van der Waals surface area contributed by atoms with Gasteiger partial charge in [-0.2, -0.15) is 16.1 Å². The van der Waals surface area contributed by atoms with Crippen LogP contribution in [-0.2, 0) is 14.8 Å². The summed E-state index contributed by atoms with van der Waals surface area (Å²) in [5, 5.41) is 9.09. The van der Waals surface area contributed by atoms with Gasteiger partial charge in [-0.25, -0.2) is 22.7 Å². The fourth-order valence-corrected chi connectivity index (χ4v) is 6.46. The molecule has 29 heavy (non-hydrogen) atoms. The number of hydroxylamine groups is 1. The maximum absolute atomic E-state index is 13.5. The van der Waals surface area contributed by atoms with Crippen LogP contribution < -0.4 is 5.48 Å². The molecule has 0 spiro atoms. The van der Waals surface area contributed by atoms with Gasteiger partial charge in [-0.15, -0.1) is 0 Å². The first-order valence-electron chi connectivity index (χ1n) is 8.73. The van der Waals surface area contributed by atoms with Crippen molar-refractivity contribution >= 4 is 27.7 Å². The Morgan fingerprint density at radius 1 is 1.14 bits per heavy atom. The Balaban J connectivity index is 1.96. The zero-order valence-corrected chi connectivity index (χ0v) is 17.4. The van der Waals surface area contributed by atoms with Gasteiger partial charge in [0, 0.05) is 17.0 Å². The van der Waals surface area contributed by atoms with E-state index in [1.807, 2.05) is 0 Å². The molecule has 3 rings (SSSR count). The molecule has 2 aromatic carbocycles. The molecule has 1 heterocycles. The minimum absolute atomic E-state index is 0.0396. The van der Waals surface area contributed by atoms with Gasteiger partial charge in [-0.05, 0) is 49.2 Å². The first-order chi connectivity index (χ1) is 13.6. The Hall–Kier alpha value is -2.01. The summed E-state index contributed by atoms with van der Waals surface area (Å²) in [5.74, 6) is -2.27. The van der Waals surface area contributed by atoms with Crippen LogP contribution in [0, 0.1) is 11.6 Å². The molecule has 6 nitrogen and oxygen atoms in total. The molecule has 0 radical (unpaired) electrons. The number of rotatable bonds is 4. The van der Waals surface area contributed by atoms with Crippen molar-refractivity contribution in [2.75, 3.05) is 12.3 Å². The van der Waals surface area contributed by atoms with Crippen LogP contribution in [0.2, 0.25) is 0 Å². The van der Waals surface area contributed by atoms with E-state index in [-0.39, 0.29) is 11.4 Å². The average molecular weight is 443 g/mol. The maximum Gasteiger partial charge on any atom is 0.263 e. The van der Waals surface area contributed by atoms with Crippen LogP contribution in [0.1, 0.15) is 13.8 Å². The number of nitrogens with zero attached hydrogens (tertiary/aromatic N) is 1. The standard InChI is InChI=1S/C19H20F2N2O4S2/c1-19(2)17(18(24)22-25)23(9-10-28-19)29(26,27)14-6-3-12(4-7-14)13-5-8-15(20)16(21)11-13/h3-8,11,17,25H,9-10H2,1-2H3,(H,22,24)/t17-/m0/s1. The molecule has 10 heteroatoms. The fraction of sp³-hybridized carbons (Fsp3) is 0.316. The number of amides is 1. The van der Waals surface area contributed by atoms with Gasteiger partial charge in [-0.1, -0.05) is 18.2 Å². The average Bonchev–Trinajstić information content (AvgIpc) is 2.68. The summed E-state index contributed by atoms with van der Waals surface area (Å²) in [4.78, 5) is 12.2. The highest BCUT2D eigenvalue weighted by molar-refractivity contribution is 8.00. The van der Waals surface area contributed by atoms with E-state index < -0.39 is 38.4 Å². The lowest BCUT2D eigenvalue weighted by atomic mass is 10.0. The van der Waals surface area contributed by atoms with Crippen LogP contribution in [0.5, 0.6) is 0 Å². The van der Waals surface area contributed by atoms with E-state index in [1.165, 1.54) is 42.1 Å². The predicted octanol–water partition coefficient (Wildman–Crippen LogP) is 3.02. The number of hydrogen-bond acceptors (Lipinski definition) is 5. The molecule has 0 bridgehead atoms. The van der Waals surface area contributed by atoms with E-state index in [0.717, 1.165) is 16.4 Å². The van der Waals surface area contributed by atoms with Crippen LogP contribution in [0.3, 0.4) is 0 Å². The van der Waals surface area contributed by atoms with Gasteiger partial charge in [0.2, 0.25) is 10.0 Å². The zero-order valence-electron chi connectivity index (χ0n) is 15.7. The summed E-state index contributed by atoms with van der Waals surface area (Å²) in [5.41, 5.74) is 2.48. The van der Waals surface area contributed by atoms with E-state index >= 15 is 0 Å². The van der Waals surface area contributed by atoms with Gasteiger partial charge in [0.25, 0.3) is 5.91 Å². The Kier molecular flexibility index (Phi) is 6.00. The van der Waals surface area contributed by atoms with E-state index in [4.69, 9.17) is 5.21 Å². The second kappa shape index (κ2) is 8.02. The lowest BCUT2D eigenvalue weighted by molar-refractivity contribution is -0.134. The van der Waals surface area contributed by atoms with Gasteiger partial charge in [0.15, 0.2) is 11.6 Å². The Morgan fingerprint density at radius 3 is 2.34 bits per heavy atom. The molecule has 1 aliphatic rings. The summed E-state index contributed by atoms with van der Waals surface area (Å²) in [6.45, 7) is 3.59. The second-order valence-electron chi connectivity index (χ2n) is 7.10. The molecule has 2 N–H and O–H groups in total. The molecule has 2 aromatic rings. The third-order valence-corrected chi connectivity index (χ3v) is 8.04. The van der Waals surface area contributed by atoms with Gasteiger partial charge in [-0.3, -0.25) is 10.0 Å². The topological polar surface area (TPSA) is 86.7 Å². The van der Waals surface area contributed by atoms with Crippen LogP contribution in [-0.4, -0.2) is 46.9 Å². The summed E-state index contributed by atoms with van der Waals surface area (Å²) in [7, 11) is -4.04. The highest BCUT2D eigenvalue weighted by Gasteiger charge is 2.48. The van der Waals surface area contributed by atoms with Gasteiger partial charge in [0.05, 0.1) is 4.90 Å². The molecular formula is C19H20F2N2O4S2. The Labute approximate surface area is 171 Å². The zero-order chi connectivity index (χ0) is 21.4. The third-order valence-electron chi connectivity index (χ3n) is 4.80. The quantitative estimate of drug-likeness (QED) is 0.562. The van der Waals surface area contributed by atoms with Crippen molar-refractivity contribution < 1.29 is 27.2 Å². The number of thioether (sulfide) groups is 1. The molecule has 1 saturated heterocycles. The second-order valence-corrected chi connectivity index (χ2v) is 10.7. The number of sulfonamides is 1. The maximum atomic E-state index is 13.5. The van der Waals surface area contributed by atoms with Crippen LogP contribution in [0.15, 0.2) is 47.4 Å². The van der Waals surface area contributed by atoms with Crippen molar-refractivity contribution in [1.82, 2.24) is 9.79 Å². The van der Waals surface area contributed by atoms with Gasteiger partial charge in [0.1, 0.15) is 6.04 Å². The third kappa shape index (κ3) is 4.16. The summed E-state index contributed by atoms with van der Waals surface area (Å²) in [6, 6.07) is 8.03. The monoisotopic (exact) mass is 442 g/mol. The highest BCUT2D eigenvalue weighted by Crippen LogP contribution is 2.38. The predicted molar refractivity (Wildman–Crippen MR) is 106 cm³/mol. The van der Waals surface area contributed by atoms with Crippen molar-refractivity contribution in [2.45, 2.75) is 29.5 Å². The van der Waals surface area contributed by atoms with E-state index in [2.05, 4.69) is 0 Å². The number of hydrogen-bond donors (Lipinski definition) is 2. The first kappa shape index (κ1) is 21.7. The minimum atomic E-state index is -4.04. The van der Waals surface area contributed by atoms with Crippen LogP contribution in [0.25, 0.3) is 11.1 Å². The summed E-state index contributed by atoms with van der Waals surface area (Å²) in [6.07, 6.45) is 0. The number of carbonyl (C=O) groups excluding carboxylic acids is 1. The molecule has 0 aliphatic carbocycles. The fourth-order valence-electron chi connectivity index (χ4n) is 3.35. The van der Waals surface area contributed by atoms with Crippen molar-refractivity contribution in [1.29, 1.82) is 0 Å². The number of carbonyl (C=O) groups is 1. The van der Waals surface area contributed by atoms with E-state index in [1.54, 1.807) is 19.3 Å². The normalized spacial score (nSPS) is 19.7. The molecule has 1 atom stereocenters. The smallest absolute Gasteiger partial charge is 0.263 e. The molecule has 0 unspecified atom stereocenters. The number of benzene rings is 2. The number of nitrogens with one attached hydrogen (secondary N) is 1. The largest absolute Gasteiger partial charge is 0.289 e. The SMILES string of the molecule is CC1(C)SCCN(S(=O)(=O)c2ccc(-c3ccc(F)c(F)c3)cc2)[C@H]1C(=O)NO. The van der Waals surface area contributed by atoms with Crippen molar-refractivity contribution in [3.63, 3.8) is 0 Å². The molecule has 0 aromatic heterocycles. The summed E-state index contributed by atoms with van der Waals surface area (Å²) < 4.78 is 53.3. The van der Waals surface area contributed by atoms with Crippen molar-refractivity contribution in [2.24, 2.45) is 0 Å². The molecular weight excluding hydrogens is 422 g/mol. The lowest BCUT2D eigenvalue weighted by Crippen LogP contribution is -2.61. The van der Waals surface area contributed by atoms with Crippen LogP contribution >= 0.6 is 11.8 Å². The van der Waals surface area contributed by atoms with Crippen LogP contribution in [0.4, 0.5) is 8.78 Å². The van der Waals surface area contributed by atoms with E-state index in [0.29, 0.717) is 16.9 Å². The number of halogens is 2. The summed E-state index contributed by atoms with van der Waals surface area (Å²) >= 11 is 1.45. The lowest BCUT2D eigenvalue weighted by Gasteiger charge is -2.43. The van der Waals surface area contributed by atoms with Crippen molar-refractivity contribution in [3.8, 4) is 11.1 Å². The molecule has 156 valence electrons. The Bertz CT molecular complexity index is 1030. The Morgan fingerprint density at radius 2 is 1.76 bits per heavy atom. The van der Waals surface area contributed by atoms with Crippen molar-refractivity contribution in [3.05, 3.63) is 54.1 Å². The van der Waals surface area contributed by atoms with Gasteiger partial charge >= 0.3 is 0 Å².